The molecule has 0 atom stereocenters. The lowest BCUT2D eigenvalue weighted by molar-refractivity contribution is 0.563. The Hall–Kier alpha value is -0.990. The number of aromatic nitrogens is 2. The summed E-state index contributed by atoms with van der Waals surface area (Å²) in [5.74, 6) is -1.11. The first-order valence-electron chi connectivity index (χ1n) is 3.09. The molecule has 0 unspecified atom stereocenters. The van der Waals surface area contributed by atoms with E-state index in [1.165, 1.54) is 0 Å². The quantitative estimate of drug-likeness (QED) is 0.478. The second-order valence-electron chi connectivity index (χ2n) is 0.853. The molecule has 0 amide bonds. The second-order valence-corrected chi connectivity index (χ2v) is 0.853. The maximum atomic E-state index is 12.2. The van der Waals surface area contributed by atoms with E-state index in [-0.39, 0.29) is 0 Å². The average molecular weight is 101 g/mol. The van der Waals surface area contributed by atoms with Crippen molar-refractivity contribution in [3.63, 3.8) is 0 Å². The molecule has 1 heterocycles. The van der Waals surface area contributed by atoms with Crippen LogP contribution in [0, 0.1) is 5.95 Å². The molecule has 0 aliphatic heterocycles. The molecular formula is C4H3FN2. The van der Waals surface area contributed by atoms with Gasteiger partial charge in [-0.25, -0.2) is 0 Å². The van der Waals surface area contributed by atoms with Gasteiger partial charge in [0.15, 0.2) is 0 Å². The summed E-state index contributed by atoms with van der Waals surface area (Å²) in [6, 6.07) is -1.22. The second kappa shape index (κ2) is 1.64. The molecular weight excluding hydrogens is 95.1 g/mol. The lowest BCUT2D eigenvalue weighted by Gasteiger charge is -1.76. The summed E-state index contributed by atoms with van der Waals surface area (Å²) in [4.78, 5) is 0. The van der Waals surface area contributed by atoms with Crippen LogP contribution in [0.1, 0.15) is 4.11 Å². The van der Waals surface area contributed by atoms with Crippen LogP contribution in [0.4, 0.5) is 4.39 Å². The van der Waals surface area contributed by atoms with Crippen molar-refractivity contribution in [3.8, 4) is 0 Å². The SMILES string of the molecule is [2H]c1nnc(F)c([2H])c1[2H]. The van der Waals surface area contributed by atoms with Crippen molar-refractivity contribution < 1.29 is 8.50 Å². The van der Waals surface area contributed by atoms with E-state index in [9.17, 15) is 4.39 Å². The van der Waals surface area contributed by atoms with Crippen LogP contribution in [-0.4, -0.2) is 10.2 Å². The molecule has 0 aliphatic rings. The van der Waals surface area contributed by atoms with E-state index in [0.29, 0.717) is 0 Å². The summed E-state index contributed by atoms with van der Waals surface area (Å²) >= 11 is 0. The van der Waals surface area contributed by atoms with Gasteiger partial charge in [-0.05, 0) is 12.1 Å². The molecule has 0 saturated carbocycles. The molecule has 1 rings (SSSR count). The van der Waals surface area contributed by atoms with Crippen LogP contribution in [0.25, 0.3) is 0 Å². The monoisotopic (exact) mass is 101 g/mol. The summed E-state index contributed by atoms with van der Waals surface area (Å²) in [5.41, 5.74) is 0. The lowest BCUT2D eigenvalue weighted by atomic mass is 10.6. The number of hydrogen-bond donors (Lipinski definition) is 0. The van der Waals surface area contributed by atoms with Crippen LogP contribution in [0.5, 0.6) is 0 Å². The molecule has 7 heavy (non-hydrogen) atoms. The molecule has 0 fully saturated rings. The van der Waals surface area contributed by atoms with E-state index in [1.807, 2.05) is 0 Å². The van der Waals surface area contributed by atoms with Crippen LogP contribution in [0.2, 0.25) is 0 Å². The predicted molar refractivity (Wildman–Crippen MR) is 22.0 cm³/mol. The fourth-order valence-corrected chi connectivity index (χ4v) is 0.198. The number of halogens is 1. The third-order valence-corrected chi connectivity index (χ3v) is 0.409. The highest BCUT2D eigenvalue weighted by atomic mass is 19.1. The van der Waals surface area contributed by atoms with Gasteiger partial charge in [0.05, 0.1) is 4.11 Å². The van der Waals surface area contributed by atoms with Crippen LogP contribution in [-0.2, 0) is 0 Å². The molecule has 0 aliphatic carbocycles. The van der Waals surface area contributed by atoms with Crippen molar-refractivity contribution in [1.29, 1.82) is 0 Å². The first-order chi connectivity index (χ1) is 4.63. The van der Waals surface area contributed by atoms with Gasteiger partial charge in [-0.3, -0.25) is 0 Å². The molecule has 1 aromatic rings. The Balaban J connectivity index is 3.34. The molecule has 0 radical (unpaired) electrons. The van der Waals surface area contributed by atoms with Gasteiger partial charge < -0.3 is 0 Å². The Bertz CT molecular complexity index is 238. The zero-order valence-corrected chi connectivity index (χ0v) is 3.27. The molecule has 0 aromatic carbocycles. The number of hydrogen-bond acceptors (Lipinski definition) is 2. The van der Waals surface area contributed by atoms with E-state index in [0.717, 1.165) is 0 Å². The number of nitrogens with zero attached hydrogens (tertiary/aromatic N) is 2. The van der Waals surface area contributed by atoms with Crippen LogP contribution in [0.15, 0.2) is 18.3 Å². The first-order valence-corrected chi connectivity index (χ1v) is 1.59. The van der Waals surface area contributed by atoms with Gasteiger partial charge in [0.25, 0.3) is 0 Å². The van der Waals surface area contributed by atoms with E-state index in [4.69, 9.17) is 4.11 Å². The van der Waals surface area contributed by atoms with Gasteiger partial charge in [0.2, 0.25) is 5.95 Å². The molecule has 3 heteroatoms. The summed E-state index contributed by atoms with van der Waals surface area (Å²) in [5, 5.41) is 5.80. The van der Waals surface area contributed by atoms with Crippen LogP contribution >= 0.6 is 0 Å². The third kappa shape index (κ3) is 0.924. The summed E-state index contributed by atoms with van der Waals surface area (Å²) < 4.78 is 32.7. The van der Waals surface area contributed by atoms with Crippen molar-refractivity contribution in [3.05, 3.63) is 24.2 Å². The largest absolute Gasteiger partial charge is 0.233 e. The minimum Gasteiger partial charge on any atom is -0.183 e. The van der Waals surface area contributed by atoms with Gasteiger partial charge in [-0.1, -0.05) is 0 Å². The normalized spacial score (nSPS) is 14.7. The van der Waals surface area contributed by atoms with Gasteiger partial charge in [0.1, 0.15) is 0 Å². The Morgan fingerprint density at radius 2 is 2.71 bits per heavy atom. The minimum absolute atomic E-state index is 0.480. The van der Waals surface area contributed by atoms with Crippen molar-refractivity contribution in [2.75, 3.05) is 0 Å². The predicted octanol–water partition coefficient (Wildman–Crippen LogP) is 0.616. The van der Waals surface area contributed by atoms with Crippen molar-refractivity contribution in [2.24, 2.45) is 0 Å². The van der Waals surface area contributed by atoms with Crippen molar-refractivity contribution in [1.82, 2.24) is 10.2 Å². The van der Waals surface area contributed by atoms with Gasteiger partial charge in [-0.15, -0.1) is 5.10 Å². The molecule has 0 spiro atoms. The van der Waals surface area contributed by atoms with Gasteiger partial charge in [-0.2, -0.15) is 9.49 Å². The highest BCUT2D eigenvalue weighted by molar-refractivity contribution is 4.83. The molecule has 36 valence electrons. The molecule has 0 N–H and O–H groups in total. The Morgan fingerprint density at radius 3 is 3.43 bits per heavy atom. The summed E-state index contributed by atoms with van der Waals surface area (Å²) in [6.45, 7) is 0. The zero-order chi connectivity index (χ0) is 7.72. The third-order valence-electron chi connectivity index (χ3n) is 0.409. The summed E-state index contributed by atoms with van der Waals surface area (Å²) in [6.07, 6.45) is -0.480. The lowest BCUT2D eigenvalue weighted by Crippen LogP contribution is -1.81. The number of rotatable bonds is 0. The molecule has 1 aromatic heterocycles. The Labute approximate surface area is 44.2 Å². The minimum atomic E-state index is -1.11. The Morgan fingerprint density at radius 1 is 1.86 bits per heavy atom. The van der Waals surface area contributed by atoms with Crippen LogP contribution in [0.3, 0.4) is 0 Å². The van der Waals surface area contributed by atoms with E-state index >= 15 is 0 Å². The van der Waals surface area contributed by atoms with E-state index < -0.39 is 24.2 Å². The highest BCUT2D eigenvalue weighted by Crippen LogP contribution is 1.82. The fraction of sp³-hybridized carbons (Fsp3) is 0. The van der Waals surface area contributed by atoms with Gasteiger partial charge in [0, 0.05) is 6.17 Å². The van der Waals surface area contributed by atoms with Crippen molar-refractivity contribution >= 4 is 0 Å². The van der Waals surface area contributed by atoms with Crippen molar-refractivity contribution in [2.45, 2.75) is 0 Å². The molecule has 2 nitrogen and oxygen atoms in total. The summed E-state index contributed by atoms with van der Waals surface area (Å²) in [7, 11) is 0. The van der Waals surface area contributed by atoms with Gasteiger partial charge >= 0.3 is 0 Å². The topological polar surface area (TPSA) is 25.8 Å². The average Bonchev–Trinajstić information content (AvgIpc) is 1.93. The zero-order valence-electron chi connectivity index (χ0n) is 6.27. The van der Waals surface area contributed by atoms with E-state index in [1.54, 1.807) is 0 Å². The standard InChI is InChI=1S/C4H3FN2/c5-4-2-1-3-6-7-4/h1-3H/i1D,2D,3D. The first kappa shape index (κ1) is 1.86. The Kier molecular flexibility index (Phi) is 0.435. The maximum Gasteiger partial charge on any atom is 0.233 e. The highest BCUT2D eigenvalue weighted by Gasteiger charge is 1.80. The van der Waals surface area contributed by atoms with Crippen LogP contribution < -0.4 is 0 Å². The smallest absolute Gasteiger partial charge is 0.183 e. The molecule has 0 saturated heterocycles. The molecule has 0 bridgehead atoms. The maximum absolute atomic E-state index is 12.2. The fourth-order valence-electron chi connectivity index (χ4n) is 0.198. The van der Waals surface area contributed by atoms with E-state index in [2.05, 4.69) is 10.2 Å².